The maximum atomic E-state index is 13.2. The molecule has 2 aromatic heterocycles. The highest BCUT2D eigenvalue weighted by atomic mass is 32.2. The maximum Gasteiger partial charge on any atom is 0.231 e. The van der Waals surface area contributed by atoms with Gasteiger partial charge in [-0.25, -0.2) is 0 Å². The number of nitrogens with zero attached hydrogens (tertiary/aromatic N) is 4. The van der Waals surface area contributed by atoms with Gasteiger partial charge in [-0.2, -0.15) is 4.98 Å². The Morgan fingerprint density at radius 1 is 1.27 bits per heavy atom. The van der Waals surface area contributed by atoms with E-state index in [1.807, 2.05) is 19.9 Å². The Hall–Kier alpha value is -2.38. The molecule has 1 atom stereocenters. The van der Waals surface area contributed by atoms with E-state index >= 15 is 0 Å². The number of likely N-dealkylation sites (tertiary alicyclic amines) is 1. The number of thioether (sulfide) groups is 1. The smallest absolute Gasteiger partial charge is 0.231 e. The van der Waals surface area contributed by atoms with Crippen LogP contribution in [0, 0.1) is 20.8 Å². The van der Waals surface area contributed by atoms with Crippen molar-refractivity contribution >= 4 is 17.5 Å². The summed E-state index contributed by atoms with van der Waals surface area (Å²) in [4.78, 5) is 21.0. The van der Waals surface area contributed by atoms with Crippen LogP contribution in [0.15, 0.2) is 39.8 Å². The van der Waals surface area contributed by atoms with Crippen LogP contribution >= 0.6 is 11.8 Å². The molecule has 4 rings (SSSR count). The Bertz CT molecular complexity index is 1060. The monoisotopic (exact) mass is 424 g/mol. The average Bonchev–Trinajstić information content (AvgIpc) is 3.31. The molecule has 158 valence electrons. The molecule has 1 fully saturated rings. The molecule has 1 unspecified atom stereocenters. The van der Waals surface area contributed by atoms with Crippen molar-refractivity contribution in [3.8, 4) is 5.69 Å². The summed E-state index contributed by atoms with van der Waals surface area (Å²) in [6.07, 6.45) is 4.12. The Morgan fingerprint density at radius 2 is 2.10 bits per heavy atom. The molecule has 1 aromatic carbocycles. The fourth-order valence-electron chi connectivity index (χ4n) is 4.36. The Kier molecular flexibility index (Phi) is 6.11. The highest BCUT2D eigenvalue weighted by Gasteiger charge is 2.28. The first kappa shape index (κ1) is 20.9. The molecular formula is C23H28N4O2S. The highest BCUT2D eigenvalue weighted by molar-refractivity contribution is 7.98. The van der Waals surface area contributed by atoms with Gasteiger partial charge in [-0.05, 0) is 70.7 Å². The predicted molar refractivity (Wildman–Crippen MR) is 119 cm³/mol. The summed E-state index contributed by atoms with van der Waals surface area (Å²) in [7, 11) is 0. The van der Waals surface area contributed by atoms with Crippen LogP contribution in [0.3, 0.4) is 0 Å². The second kappa shape index (κ2) is 8.78. The third-order valence-electron chi connectivity index (χ3n) is 5.81. The lowest BCUT2D eigenvalue weighted by atomic mass is 9.97. The average molecular weight is 425 g/mol. The summed E-state index contributed by atoms with van der Waals surface area (Å²) in [5, 5.41) is 3.91. The summed E-state index contributed by atoms with van der Waals surface area (Å²) in [6.45, 7) is 8.04. The van der Waals surface area contributed by atoms with Gasteiger partial charge in [0.2, 0.25) is 5.89 Å². The van der Waals surface area contributed by atoms with Crippen molar-refractivity contribution in [1.29, 1.82) is 0 Å². The first-order valence-electron chi connectivity index (χ1n) is 10.4. The number of ketones is 1. The van der Waals surface area contributed by atoms with E-state index in [0.29, 0.717) is 18.3 Å². The number of hydrogen-bond donors (Lipinski definition) is 0. The molecule has 1 saturated heterocycles. The Morgan fingerprint density at radius 3 is 2.83 bits per heavy atom. The fraction of sp³-hybridized carbons (Fsp3) is 0.435. The molecule has 1 aliphatic rings. The number of carbonyl (C=O) groups excluding carboxylic acids is 1. The molecule has 30 heavy (non-hydrogen) atoms. The summed E-state index contributed by atoms with van der Waals surface area (Å²) < 4.78 is 7.54. The van der Waals surface area contributed by atoms with Crippen molar-refractivity contribution < 1.29 is 9.32 Å². The van der Waals surface area contributed by atoms with Crippen molar-refractivity contribution in [2.75, 3.05) is 25.9 Å². The topological polar surface area (TPSA) is 64.2 Å². The molecule has 3 heterocycles. The largest absolute Gasteiger partial charge is 0.339 e. The van der Waals surface area contributed by atoms with Crippen LogP contribution in [0.25, 0.3) is 5.69 Å². The molecule has 0 amide bonds. The van der Waals surface area contributed by atoms with Crippen LogP contribution in [0.4, 0.5) is 0 Å². The molecule has 7 heteroatoms. The molecule has 3 aromatic rings. The maximum absolute atomic E-state index is 13.2. The van der Waals surface area contributed by atoms with Gasteiger partial charge in [-0.3, -0.25) is 9.69 Å². The van der Waals surface area contributed by atoms with Gasteiger partial charge in [0.1, 0.15) is 0 Å². The van der Waals surface area contributed by atoms with Crippen LogP contribution in [0.2, 0.25) is 0 Å². The molecule has 0 aliphatic carbocycles. The number of Topliss-reactive ketones (excluding diaryl/α,β-unsaturated/α-hetero) is 1. The predicted octanol–water partition coefficient (Wildman–Crippen LogP) is 4.57. The van der Waals surface area contributed by atoms with Crippen molar-refractivity contribution in [3.05, 3.63) is 59.0 Å². The third kappa shape index (κ3) is 4.23. The van der Waals surface area contributed by atoms with E-state index in [1.54, 1.807) is 11.8 Å². The van der Waals surface area contributed by atoms with Gasteiger partial charge in [-0.15, -0.1) is 11.8 Å². The minimum Gasteiger partial charge on any atom is -0.339 e. The third-order valence-corrected chi connectivity index (χ3v) is 6.53. The van der Waals surface area contributed by atoms with Crippen molar-refractivity contribution in [3.63, 3.8) is 0 Å². The van der Waals surface area contributed by atoms with Crippen LogP contribution < -0.4 is 0 Å². The Balaban J connectivity index is 1.51. The zero-order chi connectivity index (χ0) is 21.3. The van der Waals surface area contributed by atoms with Crippen LogP contribution in [-0.2, 0) is 0 Å². The second-order valence-electron chi connectivity index (χ2n) is 8.00. The number of rotatable bonds is 6. The molecule has 0 bridgehead atoms. The zero-order valence-corrected chi connectivity index (χ0v) is 18.8. The molecular weight excluding hydrogens is 396 g/mol. The second-order valence-corrected chi connectivity index (χ2v) is 8.88. The molecule has 0 saturated carbocycles. The Labute approximate surface area is 181 Å². The summed E-state index contributed by atoms with van der Waals surface area (Å²) >= 11 is 1.72. The standard InChI is InChI=1S/C23H28N4O2S/c1-15-11-21(16(2)27(15)19-8-5-9-20(12-19)30-4)22(28)14-26-10-6-7-18(13-26)23-24-17(3)25-29-23/h5,8-9,11-12,18H,6-7,10,13-14H2,1-4H3. The first-order valence-corrected chi connectivity index (χ1v) is 11.6. The lowest BCUT2D eigenvalue weighted by Crippen LogP contribution is -2.38. The van der Waals surface area contributed by atoms with Crippen molar-refractivity contribution in [2.24, 2.45) is 0 Å². The van der Waals surface area contributed by atoms with Crippen molar-refractivity contribution in [2.45, 2.75) is 44.4 Å². The zero-order valence-electron chi connectivity index (χ0n) is 18.0. The minimum absolute atomic E-state index is 0.165. The number of aryl methyl sites for hydroxylation is 2. The van der Waals surface area contributed by atoms with Crippen LogP contribution in [-0.4, -0.2) is 51.3 Å². The van der Waals surface area contributed by atoms with Crippen LogP contribution in [0.1, 0.15) is 52.2 Å². The number of aromatic nitrogens is 3. The lowest BCUT2D eigenvalue weighted by molar-refractivity contribution is 0.0898. The highest BCUT2D eigenvalue weighted by Crippen LogP contribution is 2.27. The van der Waals surface area contributed by atoms with Gasteiger partial charge < -0.3 is 9.09 Å². The molecule has 0 spiro atoms. The number of benzene rings is 1. The quantitative estimate of drug-likeness (QED) is 0.427. The summed E-state index contributed by atoms with van der Waals surface area (Å²) in [6, 6.07) is 10.4. The number of hydrogen-bond acceptors (Lipinski definition) is 6. The van der Waals surface area contributed by atoms with Gasteiger partial charge in [-0.1, -0.05) is 11.2 Å². The van der Waals surface area contributed by atoms with E-state index in [2.05, 4.69) is 57.1 Å². The molecule has 6 nitrogen and oxygen atoms in total. The summed E-state index contributed by atoms with van der Waals surface area (Å²) in [5.74, 6) is 1.72. The van der Waals surface area contributed by atoms with E-state index in [1.165, 1.54) is 4.90 Å². The fourth-order valence-corrected chi connectivity index (χ4v) is 4.81. The van der Waals surface area contributed by atoms with Crippen molar-refractivity contribution in [1.82, 2.24) is 19.6 Å². The van der Waals surface area contributed by atoms with E-state index in [4.69, 9.17) is 4.52 Å². The lowest BCUT2D eigenvalue weighted by Gasteiger charge is -2.30. The summed E-state index contributed by atoms with van der Waals surface area (Å²) in [5.41, 5.74) is 3.97. The van der Waals surface area contributed by atoms with Gasteiger partial charge >= 0.3 is 0 Å². The van der Waals surface area contributed by atoms with E-state index in [-0.39, 0.29) is 11.7 Å². The van der Waals surface area contributed by atoms with Gasteiger partial charge in [0.15, 0.2) is 11.6 Å². The van der Waals surface area contributed by atoms with E-state index < -0.39 is 0 Å². The normalized spacial score (nSPS) is 17.4. The minimum atomic E-state index is 0.165. The first-order chi connectivity index (χ1) is 14.5. The van der Waals surface area contributed by atoms with Crippen LogP contribution in [0.5, 0.6) is 0 Å². The van der Waals surface area contributed by atoms with E-state index in [9.17, 15) is 4.79 Å². The molecule has 0 radical (unpaired) electrons. The molecule has 0 N–H and O–H groups in total. The van der Waals surface area contributed by atoms with Gasteiger partial charge in [0.25, 0.3) is 0 Å². The number of piperidine rings is 1. The SMILES string of the molecule is CSc1cccc(-n2c(C)cc(C(=O)CN3CCCC(c4nc(C)no4)C3)c2C)c1. The van der Waals surface area contributed by atoms with Gasteiger partial charge in [0.05, 0.1) is 12.5 Å². The van der Waals surface area contributed by atoms with Gasteiger partial charge in [0, 0.05) is 34.1 Å². The number of carbonyl (C=O) groups is 1. The molecule has 1 aliphatic heterocycles. The van der Waals surface area contributed by atoms with E-state index in [0.717, 1.165) is 48.6 Å².